The quantitative estimate of drug-likeness (QED) is 0.714. The number of nitrogens with zero attached hydrogens (tertiary/aromatic N) is 1. The monoisotopic (exact) mass is 337 g/mol. The molecule has 0 radical (unpaired) electrons. The molecule has 0 saturated heterocycles. The molecule has 0 spiro atoms. The van der Waals surface area contributed by atoms with Gasteiger partial charge in [-0.25, -0.2) is 0 Å². The number of aromatic nitrogens is 1. The zero-order valence-corrected chi connectivity index (χ0v) is 13.3. The Bertz CT molecular complexity index is 542. The van der Waals surface area contributed by atoms with Crippen LogP contribution < -0.4 is 0 Å². The maximum atomic E-state index is 6.13. The summed E-state index contributed by atoms with van der Waals surface area (Å²) in [4.78, 5) is 4.21. The molecule has 1 atom stereocenters. The Labute approximate surface area is 128 Å². The third-order valence-corrected chi connectivity index (χ3v) is 4.14. The normalized spacial score (nSPS) is 12.4. The molecule has 2 rings (SSSR count). The van der Waals surface area contributed by atoms with E-state index in [1.165, 1.54) is 16.7 Å². The van der Waals surface area contributed by atoms with E-state index in [2.05, 4.69) is 58.2 Å². The summed E-state index contributed by atoms with van der Waals surface area (Å²) in [6, 6.07) is 10.6. The van der Waals surface area contributed by atoms with E-state index < -0.39 is 0 Å². The van der Waals surface area contributed by atoms with Crippen molar-refractivity contribution in [2.24, 2.45) is 5.92 Å². The van der Waals surface area contributed by atoms with Gasteiger partial charge in [0, 0.05) is 22.7 Å². The Morgan fingerprint density at radius 1 is 1.21 bits per heavy atom. The van der Waals surface area contributed by atoms with Crippen LogP contribution >= 0.6 is 27.5 Å². The van der Waals surface area contributed by atoms with Crippen LogP contribution in [0.2, 0.25) is 0 Å². The fourth-order valence-electron chi connectivity index (χ4n) is 2.23. The van der Waals surface area contributed by atoms with Crippen LogP contribution in [0.1, 0.15) is 16.7 Å². The van der Waals surface area contributed by atoms with Crippen LogP contribution in [0.4, 0.5) is 0 Å². The van der Waals surface area contributed by atoms with Crippen molar-refractivity contribution in [3.63, 3.8) is 0 Å². The number of rotatable bonds is 5. The van der Waals surface area contributed by atoms with Gasteiger partial charge in [0.05, 0.1) is 0 Å². The predicted molar refractivity (Wildman–Crippen MR) is 84.7 cm³/mol. The molecule has 0 amide bonds. The standard InChI is InChI=1S/C16H17BrClN/c1-12-4-2-3-5-15(12)7-13(9-18)6-14-8-16(17)11-19-10-14/h2-5,8,10-11,13H,6-7,9H2,1H3. The van der Waals surface area contributed by atoms with Gasteiger partial charge in [-0.15, -0.1) is 11.6 Å². The summed E-state index contributed by atoms with van der Waals surface area (Å²) in [5.41, 5.74) is 3.95. The lowest BCUT2D eigenvalue weighted by Crippen LogP contribution is -2.11. The van der Waals surface area contributed by atoms with E-state index in [0.717, 1.165) is 17.3 Å². The van der Waals surface area contributed by atoms with Gasteiger partial charge in [0.2, 0.25) is 0 Å². The van der Waals surface area contributed by atoms with Crippen molar-refractivity contribution in [3.8, 4) is 0 Å². The highest BCUT2D eigenvalue weighted by molar-refractivity contribution is 9.10. The molecule has 0 bridgehead atoms. The van der Waals surface area contributed by atoms with Crippen molar-refractivity contribution >= 4 is 27.5 Å². The van der Waals surface area contributed by atoms with E-state index >= 15 is 0 Å². The Balaban J connectivity index is 2.07. The summed E-state index contributed by atoms with van der Waals surface area (Å²) in [5, 5.41) is 0. The molecule has 0 fully saturated rings. The number of aryl methyl sites for hydroxylation is 1. The van der Waals surface area contributed by atoms with Crippen molar-refractivity contribution < 1.29 is 0 Å². The average Bonchev–Trinajstić information content (AvgIpc) is 2.40. The van der Waals surface area contributed by atoms with Gasteiger partial charge in [-0.1, -0.05) is 24.3 Å². The van der Waals surface area contributed by atoms with E-state index in [4.69, 9.17) is 11.6 Å². The molecule has 1 heterocycles. The second-order valence-electron chi connectivity index (χ2n) is 4.87. The van der Waals surface area contributed by atoms with Crippen LogP contribution in [0, 0.1) is 12.8 Å². The maximum Gasteiger partial charge on any atom is 0.0410 e. The van der Waals surface area contributed by atoms with Gasteiger partial charge in [0.15, 0.2) is 0 Å². The lowest BCUT2D eigenvalue weighted by Gasteiger charge is -2.15. The highest BCUT2D eigenvalue weighted by Gasteiger charge is 2.11. The number of alkyl halides is 1. The minimum absolute atomic E-state index is 0.443. The molecule has 19 heavy (non-hydrogen) atoms. The molecule has 0 aliphatic rings. The zero-order chi connectivity index (χ0) is 13.7. The first-order chi connectivity index (χ1) is 9.19. The first kappa shape index (κ1) is 14.5. The second-order valence-corrected chi connectivity index (χ2v) is 6.09. The highest BCUT2D eigenvalue weighted by atomic mass is 79.9. The Morgan fingerprint density at radius 2 is 2.00 bits per heavy atom. The first-order valence-electron chi connectivity index (χ1n) is 6.39. The fraction of sp³-hybridized carbons (Fsp3) is 0.312. The van der Waals surface area contributed by atoms with Crippen molar-refractivity contribution in [3.05, 3.63) is 63.9 Å². The Kier molecular flexibility index (Phi) is 5.41. The largest absolute Gasteiger partial charge is 0.263 e. The molecule has 1 aromatic carbocycles. The van der Waals surface area contributed by atoms with E-state index in [9.17, 15) is 0 Å². The first-order valence-corrected chi connectivity index (χ1v) is 7.71. The predicted octanol–water partition coefficient (Wildman–Crippen LogP) is 4.79. The van der Waals surface area contributed by atoms with Gasteiger partial charge >= 0.3 is 0 Å². The van der Waals surface area contributed by atoms with Gasteiger partial charge in [-0.3, -0.25) is 4.98 Å². The molecule has 0 aliphatic heterocycles. The molecule has 2 aromatic rings. The Hall–Kier alpha value is -0.860. The molecule has 3 heteroatoms. The van der Waals surface area contributed by atoms with E-state index in [1.807, 2.05) is 6.20 Å². The molecular formula is C16H17BrClN. The third-order valence-electron chi connectivity index (χ3n) is 3.27. The zero-order valence-electron chi connectivity index (χ0n) is 10.9. The fourth-order valence-corrected chi connectivity index (χ4v) is 2.86. The molecule has 0 saturated carbocycles. The summed E-state index contributed by atoms with van der Waals surface area (Å²) in [6.45, 7) is 2.15. The van der Waals surface area contributed by atoms with Gasteiger partial charge in [0.25, 0.3) is 0 Å². The van der Waals surface area contributed by atoms with Gasteiger partial charge < -0.3 is 0 Å². The molecule has 0 N–H and O–H groups in total. The lowest BCUT2D eigenvalue weighted by molar-refractivity contribution is 0.581. The molecule has 1 unspecified atom stereocenters. The molecular weight excluding hydrogens is 322 g/mol. The lowest BCUT2D eigenvalue weighted by atomic mass is 9.93. The molecule has 1 nitrogen and oxygen atoms in total. The maximum absolute atomic E-state index is 6.13. The van der Waals surface area contributed by atoms with Crippen molar-refractivity contribution in [2.75, 3.05) is 5.88 Å². The minimum atomic E-state index is 0.443. The SMILES string of the molecule is Cc1ccccc1CC(CCl)Cc1cncc(Br)c1. The van der Waals surface area contributed by atoms with E-state index in [0.29, 0.717) is 11.8 Å². The van der Waals surface area contributed by atoms with Gasteiger partial charge in [-0.2, -0.15) is 0 Å². The minimum Gasteiger partial charge on any atom is -0.263 e. The van der Waals surface area contributed by atoms with E-state index in [-0.39, 0.29) is 0 Å². The number of hydrogen-bond donors (Lipinski definition) is 0. The van der Waals surface area contributed by atoms with Crippen LogP contribution in [-0.2, 0) is 12.8 Å². The Morgan fingerprint density at radius 3 is 2.68 bits per heavy atom. The number of benzene rings is 1. The average molecular weight is 339 g/mol. The van der Waals surface area contributed by atoms with Crippen LogP contribution in [0.3, 0.4) is 0 Å². The van der Waals surface area contributed by atoms with Crippen LogP contribution in [0.5, 0.6) is 0 Å². The highest BCUT2D eigenvalue weighted by Crippen LogP contribution is 2.19. The summed E-state index contributed by atoms with van der Waals surface area (Å²) < 4.78 is 1.02. The summed E-state index contributed by atoms with van der Waals surface area (Å²) >= 11 is 9.58. The van der Waals surface area contributed by atoms with Crippen molar-refractivity contribution in [2.45, 2.75) is 19.8 Å². The van der Waals surface area contributed by atoms with Crippen LogP contribution in [-0.4, -0.2) is 10.9 Å². The smallest absolute Gasteiger partial charge is 0.0410 e. The van der Waals surface area contributed by atoms with Crippen molar-refractivity contribution in [1.82, 2.24) is 4.98 Å². The van der Waals surface area contributed by atoms with Crippen molar-refractivity contribution in [1.29, 1.82) is 0 Å². The summed E-state index contributed by atoms with van der Waals surface area (Å²) in [7, 11) is 0. The van der Waals surface area contributed by atoms with Crippen LogP contribution in [0.15, 0.2) is 47.2 Å². The summed E-state index contributed by atoms with van der Waals surface area (Å²) in [5.74, 6) is 1.11. The number of halogens is 2. The number of pyridine rings is 1. The van der Waals surface area contributed by atoms with Gasteiger partial charge in [-0.05, 0) is 64.4 Å². The van der Waals surface area contributed by atoms with Crippen LogP contribution in [0.25, 0.3) is 0 Å². The topological polar surface area (TPSA) is 12.9 Å². The molecule has 100 valence electrons. The van der Waals surface area contributed by atoms with E-state index in [1.54, 1.807) is 6.20 Å². The van der Waals surface area contributed by atoms with Gasteiger partial charge in [0.1, 0.15) is 0 Å². The molecule has 0 aliphatic carbocycles. The second kappa shape index (κ2) is 7.06. The number of hydrogen-bond acceptors (Lipinski definition) is 1. The molecule has 1 aromatic heterocycles. The summed E-state index contributed by atoms with van der Waals surface area (Å²) in [6.07, 6.45) is 5.70. The third kappa shape index (κ3) is 4.32.